The topological polar surface area (TPSA) is 38.1 Å². The Balaban J connectivity index is 1.88. The zero-order chi connectivity index (χ0) is 13.0. The van der Waals surface area contributed by atoms with Crippen molar-refractivity contribution < 1.29 is 4.52 Å². The van der Waals surface area contributed by atoms with E-state index in [1.807, 2.05) is 13.8 Å². The van der Waals surface area contributed by atoms with Crippen LogP contribution in [0.3, 0.4) is 0 Å². The van der Waals surface area contributed by atoms with Crippen LogP contribution in [0.15, 0.2) is 28.8 Å². The fraction of sp³-hybridized carbons (Fsp3) is 0.400. The first-order chi connectivity index (χ1) is 8.70. The number of benzene rings is 1. The molecule has 1 heterocycles. The number of hydrogen-bond donors (Lipinski definition) is 1. The summed E-state index contributed by atoms with van der Waals surface area (Å²) in [6.07, 6.45) is 1.09. The Morgan fingerprint density at radius 2 is 1.72 bits per heavy atom. The minimum atomic E-state index is 0.802. The van der Waals surface area contributed by atoms with Crippen molar-refractivity contribution in [3.63, 3.8) is 0 Å². The van der Waals surface area contributed by atoms with Crippen LogP contribution in [0, 0.1) is 13.8 Å². The first-order valence-electron chi connectivity index (χ1n) is 6.41. The lowest BCUT2D eigenvalue weighted by molar-refractivity contribution is 0.392. The number of aryl methyl sites for hydroxylation is 3. The van der Waals surface area contributed by atoms with Crippen LogP contribution in [0.2, 0.25) is 0 Å². The standard InChI is InChI=1S/C15H20N2O/c1-4-13-5-7-14(8-6-13)9-16-10-15-11(2)17-18-12(15)3/h5-8,16H,4,9-10H2,1-3H3. The molecular weight excluding hydrogens is 224 g/mol. The molecule has 2 rings (SSSR count). The SMILES string of the molecule is CCc1ccc(CNCc2c(C)noc2C)cc1. The van der Waals surface area contributed by atoms with Gasteiger partial charge in [-0.1, -0.05) is 36.3 Å². The number of aromatic nitrogens is 1. The summed E-state index contributed by atoms with van der Waals surface area (Å²) in [5.41, 5.74) is 4.82. The van der Waals surface area contributed by atoms with Gasteiger partial charge in [0, 0.05) is 18.7 Å². The van der Waals surface area contributed by atoms with Crippen molar-refractivity contribution in [3.8, 4) is 0 Å². The lowest BCUT2D eigenvalue weighted by Crippen LogP contribution is -2.13. The quantitative estimate of drug-likeness (QED) is 0.878. The molecule has 0 unspecified atom stereocenters. The van der Waals surface area contributed by atoms with Crippen molar-refractivity contribution in [2.45, 2.75) is 40.3 Å². The van der Waals surface area contributed by atoms with E-state index in [2.05, 4.69) is 41.7 Å². The molecule has 0 saturated carbocycles. The van der Waals surface area contributed by atoms with Gasteiger partial charge in [-0.15, -0.1) is 0 Å². The molecule has 0 saturated heterocycles. The second kappa shape index (κ2) is 5.83. The fourth-order valence-electron chi connectivity index (χ4n) is 1.98. The van der Waals surface area contributed by atoms with E-state index >= 15 is 0 Å². The van der Waals surface area contributed by atoms with Gasteiger partial charge in [0.2, 0.25) is 0 Å². The van der Waals surface area contributed by atoms with E-state index in [0.717, 1.165) is 31.0 Å². The molecule has 18 heavy (non-hydrogen) atoms. The van der Waals surface area contributed by atoms with Gasteiger partial charge in [-0.05, 0) is 31.4 Å². The Labute approximate surface area is 108 Å². The lowest BCUT2D eigenvalue weighted by Gasteiger charge is -2.05. The van der Waals surface area contributed by atoms with Gasteiger partial charge in [0.15, 0.2) is 0 Å². The molecule has 3 heteroatoms. The Kier molecular flexibility index (Phi) is 4.15. The van der Waals surface area contributed by atoms with E-state index in [1.54, 1.807) is 0 Å². The minimum absolute atomic E-state index is 0.802. The highest BCUT2D eigenvalue weighted by atomic mass is 16.5. The summed E-state index contributed by atoms with van der Waals surface area (Å²) in [6.45, 7) is 7.77. The predicted molar refractivity (Wildman–Crippen MR) is 72.3 cm³/mol. The van der Waals surface area contributed by atoms with Crippen LogP contribution < -0.4 is 5.32 Å². The second-order valence-electron chi connectivity index (χ2n) is 4.58. The highest BCUT2D eigenvalue weighted by molar-refractivity contribution is 5.23. The molecule has 1 N–H and O–H groups in total. The second-order valence-corrected chi connectivity index (χ2v) is 4.58. The first-order valence-corrected chi connectivity index (χ1v) is 6.41. The van der Waals surface area contributed by atoms with Gasteiger partial charge in [-0.25, -0.2) is 0 Å². The van der Waals surface area contributed by atoms with E-state index in [9.17, 15) is 0 Å². The normalized spacial score (nSPS) is 10.8. The van der Waals surface area contributed by atoms with Crippen LogP contribution in [0.4, 0.5) is 0 Å². The maximum Gasteiger partial charge on any atom is 0.138 e. The molecule has 0 atom stereocenters. The highest BCUT2D eigenvalue weighted by Gasteiger charge is 2.07. The zero-order valence-corrected chi connectivity index (χ0v) is 11.3. The summed E-state index contributed by atoms with van der Waals surface area (Å²) >= 11 is 0. The molecule has 3 nitrogen and oxygen atoms in total. The summed E-state index contributed by atoms with van der Waals surface area (Å²) in [6, 6.07) is 8.73. The van der Waals surface area contributed by atoms with Gasteiger partial charge in [0.25, 0.3) is 0 Å². The zero-order valence-electron chi connectivity index (χ0n) is 11.3. The molecular formula is C15H20N2O. The molecule has 1 aromatic carbocycles. The molecule has 0 fully saturated rings. The average Bonchev–Trinajstić information content (AvgIpc) is 2.71. The number of nitrogens with one attached hydrogen (secondary N) is 1. The number of hydrogen-bond acceptors (Lipinski definition) is 3. The average molecular weight is 244 g/mol. The smallest absolute Gasteiger partial charge is 0.138 e. The predicted octanol–water partition coefficient (Wildman–Crippen LogP) is 3.14. The maximum absolute atomic E-state index is 5.14. The first kappa shape index (κ1) is 12.8. The molecule has 1 aromatic heterocycles. The largest absolute Gasteiger partial charge is 0.361 e. The summed E-state index contributed by atoms with van der Waals surface area (Å²) in [4.78, 5) is 0. The van der Waals surface area contributed by atoms with Crippen LogP contribution in [0.1, 0.15) is 35.1 Å². The van der Waals surface area contributed by atoms with Crippen molar-refractivity contribution in [1.29, 1.82) is 0 Å². The molecule has 0 aliphatic heterocycles. The molecule has 0 spiro atoms. The highest BCUT2D eigenvalue weighted by Crippen LogP contribution is 2.12. The van der Waals surface area contributed by atoms with Crippen LogP contribution in [0.5, 0.6) is 0 Å². The summed E-state index contributed by atoms with van der Waals surface area (Å²) in [5, 5.41) is 7.37. The molecule has 0 radical (unpaired) electrons. The van der Waals surface area contributed by atoms with Gasteiger partial charge in [-0.2, -0.15) is 0 Å². The van der Waals surface area contributed by atoms with Crippen molar-refractivity contribution in [3.05, 3.63) is 52.4 Å². The van der Waals surface area contributed by atoms with Gasteiger partial charge in [0.1, 0.15) is 5.76 Å². The van der Waals surface area contributed by atoms with Gasteiger partial charge < -0.3 is 9.84 Å². The van der Waals surface area contributed by atoms with E-state index in [4.69, 9.17) is 4.52 Å². The molecule has 0 aliphatic carbocycles. The van der Waals surface area contributed by atoms with E-state index in [0.29, 0.717) is 0 Å². The van der Waals surface area contributed by atoms with Crippen LogP contribution in [0.25, 0.3) is 0 Å². The number of rotatable bonds is 5. The Hall–Kier alpha value is -1.61. The van der Waals surface area contributed by atoms with Crippen molar-refractivity contribution in [2.24, 2.45) is 0 Å². The minimum Gasteiger partial charge on any atom is -0.361 e. The van der Waals surface area contributed by atoms with Crippen molar-refractivity contribution >= 4 is 0 Å². The fourth-order valence-corrected chi connectivity index (χ4v) is 1.98. The third-order valence-corrected chi connectivity index (χ3v) is 3.24. The van der Waals surface area contributed by atoms with Crippen molar-refractivity contribution in [2.75, 3.05) is 0 Å². The molecule has 0 bridgehead atoms. The lowest BCUT2D eigenvalue weighted by atomic mass is 10.1. The summed E-state index contributed by atoms with van der Waals surface area (Å²) in [5.74, 6) is 0.904. The van der Waals surface area contributed by atoms with Gasteiger partial charge >= 0.3 is 0 Å². The van der Waals surface area contributed by atoms with E-state index in [1.165, 1.54) is 16.7 Å². The Morgan fingerprint density at radius 1 is 1.06 bits per heavy atom. The Bertz CT molecular complexity index is 480. The van der Waals surface area contributed by atoms with Gasteiger partial charge in [0.05, 0.1) is 5.69 Å². The van der Waals surface area contributed by atoms with E-state index < -0.39 is 0 Å². The number of nitrogens with zero attached hydrogens (tertiary/aromatic N) is 1. The maximum atomic E-state index is 5.14. The Morgan fingerprint density at radius 3 is 2.28 bits per heavy atom. The van der Waals surface area contributed by atoms with Crippen LogP contribution in [-0.4, -0.2) is 5.16 Å². The molecule has 0 aliphatic rings. The van der Waals surface area contributed by atoms with E-state index in [-0.39, 0.29) is 0 Å². The molecule has 96 valence electrons. The van der Waals surface area contributed by atoms with Crippen LogP contribution >= 0.6 is 0 Å². The third-order valence-electron chi connectivity index (χ3n) is 3.24. The third kappa shape index (κ3) is 2.99. The van der Waals surface area contributed by atoms with Crippen LogP contribution in [-0.2, 0) is 19.5 Å². The van der Waals surface area contributed by atoms with Crippen molar-refractivity contribution in [1.82, 2.24) is 10.5 Å². The van der Waals surface area contributed by atoms with Gasteiger partial charge in [-0.3, -0.25) is 0 Å². The summed E-state index contributed by atoms with van der Waals surface area (Å²) < 4.78 is 5.14. The molecule has 0 amide bonds. The summed E-state index contributed by atoms with van der Waals surface area (Å²) in [7, 11) is 0. The monoisotopic (exact) mass is 244 g/mol. The molecule has 2 aromatic rings.